The van der Waals surface area contributed by atoms with Gasteiger partial charge in [0, 0.05) is 19.1 Å². The lowest BCUT2D eigenvalue weighted by Gasteiger charge is -2.39. The van der Waals surface area contributed by atoms with Crippen LogP contribution in [0.4, 0.5) is 13.2 Å². The van der Waals surface area contributed by atoms with E-state index in [-0.39, 0.29) is 12.0 Å². The number of alkyl halides is 3. The third-order valence-electron chi connectivity index (χ3n) is 3.66. The van der Waals surface area contributed by atoms with Crippen LogP contribution in [0.25, 0.3) is 0 Å². The maximum absolute atomic E-state index is 12.2. The number of piperidine rings is 1. The highest BCUT2D eigenvalue weighted by atomic mass is 19.4. The molecule has 0 spiro atoms. The summed E-state index contributed by atoms with van der Waals surface area (Å²) in [4.78, 5) is 2.17. The van der Waals surface area contributed by atoms with Crippen molar-refractivity contribution < 1.29 is 18.3 Å². The molecule has 0 saturated carbocycles. The van der Waals surface area contributed by atoms with E-state index in [0.29, 0.717) is 13.0 Å². The standard InChI is InChI=1S/C13H25F3N2O/c1-3-4-5-18-7-11(10(2)19)6-12(8-18)17-9-13(14,15)16/h10-12,17,19H,3-9H2,1-2H3. The Hall–Kier alpha value is -0.330. The molecule has 3 nitrogen and oxygen atoms in total. The van der Waals surface area contributed by atoms with Crippen LogP contribution in [-0.2, 0) is 0 Å². The molecule has 0 radical (unpaired) electrons. The topological polar surface area (TPSA) is 35.5 Å². The van der Waals surface area contributed by atoms with Crippen LogP contribution in [0.3, 0.4) is 0 Å². The predicted molar refractivity (Wildman–Crippen MR) is 69.0 cm³/mol. The van der Waals surface area contributed by atoms with E-state index < -0.39 is 18.8 Å². The van der Waals surface area contributed by atoms with Crippen molar-refractivity contribution >= 4 is 0 Å². The lowest BCUT2D eigenvalue weighted by molar-refractivity contribution is -0.127. The molecule has 0 amide bonds. The normalized spacial score (nSPS) is 27.5. The molecular weight excluding hydrogens is 257 g/mol. The quantitative estimate of drug-likeness (QED) is 0.782. The summed E-state index contributed by atoms with van der Waals surface area (Å²) in [6.07, 6.45) is -1.93. The monoisotopic (exact) mass is 282 g/mol. The van der Waals surface area contributed by atoms with Gasteiger partial charge in [0.15, 0.2) is 0 Å². The van der Waals surface area contributed by atoms with Crippen LogP contribution in [-0.4, -0.2) is 54.5 Å². The number of rotatable bonds is 6. The van der Waals surface area contributed by atoms with Gasteiger partial charge < -0.3 is 15.3 Å². The molecule has 6 heteroatoms. The minimum atomic E-state index is -4.17. The Morgan fingerprint density at radius 2 is 2.05 bits per heavy atom. The molecule has 114 valence electrons. The number of unbranched alkanes of at least 4 members (excludes halogenated alkanes) is 1. The summed E-state index contributed by atoms with van der Waals surface area (Å²) in [7, 11) is 0. The number of aliphatic hydroxyl groups is 1. The first-order valence-corrected chi connectivity index (χ1v) is 7.02. The Labute approximate surface area is 113 Å². The molecule has 3 atom stereocenters. The Balaban J connectivity index is 2.49. The zero-order chi connectivity index (χ0) is 14.5. The van der Waals surface area contributed by atoms with Crippen LogP contribution < -0.4 is 5.32 Å². The molecule has 0 aliphatic carbocycles. The molecule has 3 unspecified atom stereocenters. The summed E-state index contributed by atoms with van der Waals surface area (Å²) in [5.41, 5.74) is 0. The second-order valence-electron chi connectivity index (χ2n) is 5.54. The minimum Gasteiger partial charge on any atom is -0.393 e. The lowest BCUT2D eigenvalue weighted by atomic mass is 9.90. The average molecular weight is 282 g/mol. The van der Waals surface area contributed by atoms with Crippen molar-refractivity contribution in [1.82, 2.24) is 10.2 Å². The summed E-state index contributed by atoms with van der Waals surface area (Å²) >= 11 is 0. The molecule has 0 aromatic rings. The van der Waals surface area contributed by atoms with Gasteiger partial charge in [0.25, 0.3) is 0 Å². The number of hydrogen-bond acceptors (Lipinski definition) is 3. The second kappa shape index (κ2) is 7.45. The molecule has 1 aliphatic heterocycles. The highest BCUT2D eigenvalue weighted by molar-refractivity contribution is 4.86. The van der Waals surface area contributed by atoms with Gasteiger partial charge in [-0.05, 0) is 32.2 Å². The molecule has 1 rings (SSSR count). The van der Waals surface area contributed by atoms with Crippen LogP contribution in [0.15, 0.2) is 0 Å². The molecule has 1 fully saturated rings. The summed E-state index contributed by atoms with van der Waals surface area (Å²) in [5.74, 6) is 0.0522. The largest absolute Gasteiger partial charge is 0.401 e. The van der Waals surface area contributed by atoms with E-state index in [4.69, 9.17) is 0 Å². The van der Waals surface area contributed by atoms with Gasteiger partial charge in [-0.2, -0.15) is 13.2 Å². The first kappa shape index (κ1) is 16.7. The van der Waals surface area contributed by atoms with Gasteiger partial charge in [0.05, 0.1) is 12.6 Å². The van der Waals surface area contributed by atoms with Gasteiger partial charge in [-0.15, -0.1) is 0 Å². The maximum atomic E-state index is 12.2. The van der Waals surface area contributed by atoms with E-state index in [9.17, 15) is 18.3 Å². The van der Waals surface area contributed by atoms with Crippen LogP contribution in [0.2, 0.25) is 0 Å². The number of nitrogens with zero attached hydrogens (tertiary/aromatic N) is 1. The number of aliphatic hydroxyl groups excluding tert-OH is 1. The van der Waals surface area contributed by atoms with E-state index in [1.54, 1.807) is 6.92 Å². The van der Waals surface area contributed by atoms with E-state index in [1.807, 2.05) is 0 Å². The molecular formula is C13H25F3N2O. The maximum Gasteiger partial charge on any atom is 0.401 e. The van der Waals surface area contributed by atoms with Crippen molar-refractivity contribution in [2.45, 2.75) is 51.4 Å². The first-order valence-electron chi connectivity index (χ1n) is 7.02. The Kier molecular flexibility index (Phi) is 6.56. The van der Waals surface area contributed by atoms with Gasteiger partial charge in [-0.1, -0.05) is 13.3 Å². The van der Waals surface area contributed by atoms with Crippen molar-refractivity contribution in [3.63, 3.8) is 0 Å². The predicted octanol–water partition coefficient (Wildman–Crippen LogP) is 2.01. The van der Waals surface area contributed by atoms with Gasteiger partial charge in [0.2, 0.25) is 0 Å². The fraction of sp³-hybridized carbons (Fsp3) is 1.00. The summed E-state index contributed by atoms with van der Waals surface area (Å²) in [6, 6.07) is -0.188. The number of likely N-dealkylation sites (tertiary alicyclic amines) is 1. The van der Waals surface area contributed by atoms with Crippen LogP contribution in [0.5, 0.6) is 0 Å². The van der Waals surface area contributed by atoms with E-state index >= 15 is 0 Å². The van der Waals surface area contributed by atoms with Crippen molar-refractivity contribution in [2.75, 3.05) is 26.2 Å². The SMILES string of the molecule is CCCCN1CC(NCC(F)(F)F)CC(C(C)O)C1. The minimum absolute atomic E-state index is 0.0522. The fourth-order valence-corrected chi connectivity index (χ4v) is 2.55. The van der Waals surface area contributed by atoms with E-state index in [2.05, 4.69) is 17.1 Å². The Morgan fingerprint density at radius 1 is 1.37 bits per heavy atom. The van der Waals surface area contributed by atoms with Gasteiger partial charge in [0.1, 0.15) is 0 Å². The van der Waals surface area contributed by atoms with Crippen LogP contribution in [0, 0.1) is 5.92 Å². The summed E-state index contributed by atoms with van der Waals surface area (Å²) in [5, 5.41) is 12.3. The number of hydrogen-bond donors (Lipinski definition) is 2. The molecule has 0 aromatic carbocycles. The fourth-order valence-electron chi connectivity index (χ4n) is 2.55. The average Bonchev–Trinajstić information content (AvgIpc) is 2.32. The summed E-state index contributed by atoms with van der Waals surface area (Å²) < 4.78 is 36.7. The lowest BCUT2D eigenvalue weighted by Crippen LogP contribution is -2.53. The van der Waals surface area contributed by atoms with Crippen molar-refractivity contribution in [3.05, 3.63) is 0 Å². The highest BCUT2D eigenvalue weighted by Gasteiger charge is 2.33. The summed E-state index contributed by atoms with van der Waals surface area (Å²) in [6.45, 7) is 5.17. The van der Waals surface area contributed by atoms with E-state index in [1.165, 1.54) is 0 Å². The number of nitrogens with one attached hydrogen (secondary N) is 1. The third kappa shape index (κ3) is 6.58. The van der Waals surface area contributed by atoms with Crippen LogP contribution in [0.1, 0.15) is 33.1 Å². The van der Waals surface area contributed by atoms with Crippen molar-refractivity contribution in [3.8, 4) is 0 Å². The van der Waals surface area contributed by atoms with Crippen molar-refractivity contribution in [1.29, 1.82) is 0 Å². The first-order chi connectivity index (χ1) is 8.81. The van der Waals surface area contributed by atoms with Gasteiger partial charge >= 0.3 is 6.18 Å². The molecule has 2 N–H and O–H groups in total. The molecule has 1 saturated heterocycles. The van der Waals surface area contributed by atoms with Crippen LogP contribution >= 0.6 is 0 Å². The molecule has 1 heterocycles. The smallest absolute Gasteiger partial charge is 0.393 e. The second-order valence-corrected chi connectivity index (χ2v) is 5.54. The molecule has 0 aromatic heterocycles. The Bertz CT molecular complexity index is 259. The number of halogens is 3. The van der Waals surface area contributed by atoms with Gasteiger partial charge in [-0.3, -0.25) is 0 Å². The van der Waals surface area contributed by atoms with E-state index in [0.717, 1.165) is 25.9 Å². The molecule has 0 bridgehead atoms. The third-order valence-corrected chi connectivity index (χ3v) is 3.66. The van der Waals surface area contributed by atoms with Gasteiger partial charge in [-0.25, -0.2) is 0 Å². The van der Waals surface area contributed by atoms with Crippen molar-refractivity contribution in [2.24, 2.45) is 5.92 Å². The zero-order valence-electron chi connectivity index (χ0n) is 11.7. The Morgan fingerprint density at radius 3 is 2.58 bits per heavy atom. The highest BCUT2D eigenvalue weighted by Crippen LogP contribution is 2.22. The molecule has 19 heavy (non-hydrogen) atoms. The molecule has 1 aliphatic rings. The zero-order valence-corrected chi connectivity index (χ0v) is 11.7.